The Bertz CT molecular complexity index is 694. The van der Waals surface area contributed by atoms with Gasteiger partial charge < -0.3 is 19.4 Å². The monoisotopic (exact) mass is 449 g/mol. The molecule has 0 aromatic carbocycles. The third kappa shape index (κ3) is 4.58. The molecule has 8 nitrogen and oxygen atoms in total. The first kappa shape index (κ1) is 23.6. The van der Waals surface area contributed by atoms with Crippen LogP contribution in [0, 0.1) is 11.3 Å². The van der Waals surface area contributed by atoms with Crippen LogP contribution < -0.4 is 5.84 Å². The first-order valence-corrected chi connectivity index (χ1v) is 12.6. The molecule has 1 saturated carbocycles. The molecule has 4 rings (SSSR count). The number of carbonyl (C=O) groups is 2. The lowest BCUT2D eigenvalue weighted by molar-refractivity contribution is -0.0154. The summed E-state index contributed by atoms with van der Waals surface area (Å²) in [5, 5.41) is 1.41. The van der Waals surface area contributed by atoms with E-state index in [0.29, 0.717) is 30.0 Å². The number of urea groups is 1. The number of rotatable bonds is 3. The van der Waals surface area contributed by atoms with Gasteiger partial charge in [-0.05, 0) is 97.1 Å². The van der Waals surface area contributed by atoms with Gasteiger partial charge in [0.2, 0.25) is 0 Å². The molecular formula is C24H43N5O3. The van der Waals surface area contributed by atoms with Crippen molar-refractivity contribution in [2.24, 2.45) is 17.2 Å². The number of hydrogen-bond acceptors (Lipinski definition) is 5. The summed E-state index contributed by atoms with van der Waals surface area (Å²) in [5.74, 6) is 6.73. The zero-order valence-electron chi connectivity index (χ0n) is 20.5. The average Bonchev–Trinajstić information content (AvgIpc) is 3.39. The van der Waals surface area contributed by atoms with Crippen molar-refractivity contribution >= 4 is 12.1 Å². The number of nitrogens with zero attached hydrogens (tertiary/aromatic N) is 4. The van der Waals surface area contributed by atoms with E-state index in [1.807, 2.05) is 37.5 Å². The SMILES string of the molecule is CCOC(=O)N1CCC2(CC(N3CCC([C@@H]4CCCN4C(=O)N(N)C(C)(C)C)CC3)C2)C1. The highest BCUT2D eigenvalue weighted by atomic mass is 16.6. The second kappa shape index (κ2) is 9.01. The lowest BCUT2D eigenvalue weighted by atomic mass is 9.64. The third-order valence-electron chi connectivity index (χ3n) is 8.41. The van der Waals surface area contributed by atoms with Crippen LogP contribution in [0.1, 0.15) is 72.6 Å². The summed E-state index contributed by atoms with van der Waals surface area (Å²) in [6.45, 7) is 13.0. The summed E-state index contributed by atoms with van der Waals surface area (Å²) in [6, 6.07) is 0.967. The van der Waals surface area contributed by atoms with E-state index in [4.69, 9.17) is 10.6 Å². The van der Waals surface area contributed by atoms with Crippen LogP contribution in [0.15, 0.2) is 0 Å². The number of carbonyl (C=O) groups excluding carboxylic acids is 2. The van der Waals surface area contributed by atoms with Crippen LogP contribution in [-0.4, -0.2) is 88.8 Å². The van der Waals surface area contributed by atoms with Gasteiger partial charge in [-0.2, -0.15) is 0 Å². The number of amides is 3. The maximum absolute atomic E-state index is 13.0. The predicted octanol–water partition coefficient (Wildman–Crippen LogP) is 3.27. The van der Waals surface area contributed by atoms with Crippen molar-refractivity contribution < 1.29 is 14.3 Å². The lowest BCUT2D eigenvalue weighted by Crippen LogP contribution is -2.58. The standard InChI is InChI=1S/C24H43N5O3/c1-5-32-22(31)27-14-10-24(17-27)15-19(16-24)26-12-8-18(9-13-26)20-7-6-11-28(20)21(30)29(25)23(2,3)4/h18-20H,5-17,25H2,1-4H3/t19?,20-,24?/m0/s1. The minimum absolute atomic E-state index is 0.0178. The van der Waals surface area contributed by atoms with Crippen molar-refractivity contribution in [3.05, 3.63) is 0 Å². The van der Waals surface area contributed by atoms with Gasteiger partial charge >= 0.3 is 12.1 Å². The van der Waals surface area contributed by atoms with Crippen molar-refractivity contribution in [2.45, 2.75) is 90.3 Å². The molecule has 4 fully saturated rings. The Balaban J connectivity index is 1.25. The first-order valence-electron chi connectivity index (χ1n) is 12.6. The summed E-state index contributed by atoms with van der Waals surface area (Å²) >= 11 is 0. The smallest absolute Gasteiger partial charge is 0.409 e. The molecule has 0 unspecified atom stereocenters. The van der Waals surface area contributed by atoms with Crippen molar-refractivity contribution in [3.8, 4) is 0 Å². The van der Waals surface area contributed by atoms with Gasteiger partial charge in [0.1, 0.15) is 0 Å². The van der Waals surface area contributed by atoms with Gasteiger partial charge in [0.15, 0.2) is 0 Å². The maximum atomic E-state index is 13.0. The number of piperidine rings is 1. The Morgan fingerprint density at radius 1 is 1.09 bits per heavy atom. The topological polar surface area (TPSA) is 82.4 Å². The fourth-order valence-electron chi connectivity index (χ4n) is 6.45. The van der Waals surface area contributed by atoms with Crippen LogP contribution in [0.2, 0.25) is 0 Å². The third-order valence-corrected chi connectivity index (χ3v) is 8.41. The molecule has 2 N–H and O–H groups in total. The molecular weight excluding hydrogens is 406 g/mol. The summed E-state index contributed by atoms with van der Waals surface area (Å²) in [7, 11) is 0. The van der Waals surface area contributed by atoms with E-state index in [1.165, 1.54) is 17.9 Å². The first-order chi connectivity index (χ1) is 15.1. The summed E-state index contributed by atoms with van der Waals surface area (Å²) in [4.78, 5) is 31.7. The minimum Gasteiger partial charge on any atom is -0.450 e. The van der Waals surface area contributed by atoms with Crippen LogP contribution in [0.5, 0.6) is 0 Å². The van der Waals surface area contributed by atoms with E-state index in [-0.39, 0.29) is 17.7 Å². The minimum atomic E-state index is -0.364. The molecule has 1 aliphatic carbocycles. The number of hydrogen-bond donors (Lipinski definition) is 1. The Hall–Kier alpha value is -1.54. The highest BCUT2D eigenvalue weighted by molar-refractivity contribution is 5.75. The highest BCUT2D eigenvalue weighted by Gasteiger charge is 2.52. The molecule has 3 aliphatic heterocycles. The van der Waals surface area contributed by atoms with Gasteiger partial charge in [-0.3, -0.25) is 5.01 Å². The Morgan fingerprint density at radius 3 is 2.41 bits per heavy atom. The molecule has 0 radical (unpaired) electrons. The van der Waals surface area contributed by atoms with E-state index in [0.717, 1.165) is 64.8 Å². The fraction of sp³-hybridized carbons (Fsp3) is 0.917. The zero-order chi connectivity index (χ0) is 23.1. The van der Waals surface area contributed by atoms with Crippen molar-refractivity contribution in [3.63, 3.8) is 0 Å². The van der Waals surface area contributed by atoms with Crippen LogP contribution >= 0.6 is 0 Å². The molecule has 1 atom stereocenters. The molecule has 3 amide bonds. The van der Waals surface area contributed by atoms with Gasteiger partial charge in [-0.1, -0.05) is 0 Å². The second-order valence-corrected chi connectivity index (χ2v) is 11.5. The average molecular weight is 450 g/mol. The molecule has 8 heteroatoms. The Labute approximate surface area is 193 Å². The van der Waals surface area contributed by atoms with Gasteiger partial charge in [-0.25, -0.2) is 15.4 Å². The highest BCUT2D eigenvalue weighted by Crippen LogP contribution is 2.51. The summed E-state index contributed by atoms with van der Waals surface area (Å²) in [5.41, 5.74) is -0.0443. The maximum Gasteiger partial charge on any atom is 0.409 e. The van der Waals surface area contributed by atoms with E-state index < -0.39 is 0 Å². The fourth-order valence-corrected chi connectivity index (χ4v) is 6.45. The number of likely N-dealkylation sites (tertiary alicyclic amines) is 3. The summed E-state index contributed by atoms with van der Waals surface area (Å²) < 4.78 is 5.19. The van der Waals surface area contributed by atoms with Crippen LogP contribution in [-0.2, 0) is 4.74 Å². The Morgan fingerprint density at radius 2 is 1.78 bits per heavy atom. The predicted molar refractivity (Wildman–Crippen MR) is 124 cm³/mol. The Kier molecular flexibility index (Phi) is 6.65. The molecule has 1 spiro atoms. The second-order valence-electron chi connectivity index (χ2n) is 11.5. The van der Waals surface area contributed by atoms with Crippen LogP contribution in [0.3, 0.4) is 0 Å². The van der Waals surface area contributed by atoms with Gasteiger partial charge in [-0.15, -0.1) is 0 Å². The lowest BCUT2D eigenvalue weighted by Gasteiger charge is -2.52. The molecule has 0 bridgehead atoms. The van der Waals surface area contributed by atoms with Gasteiger partial charge in [0.05, 0.1) is 12.1 Å². The number of nitrogens with two attached hydrogens (primary N) is 1. The molecule has 0 aromatic rings. The molecule has 3 saturated heterocycles. The van der Waals surface area contributed by atoms with E-state index in [9.17, 15) is 9.59 Å². The van der Waals surface area contributed by atoms with E-state index >= 15 is 0 Å². The van der Waals surface area contributed by atoms with Crippen LogP contribution in [0.4, 0.5) is 9.59 Å². The van der Waals surface area contributed by atoms with Crippen molar-refractivity contribution in [1.82, 2.24) is 19.7 Å². The van der Waals surface area contributed by atoms with Crippen molar-refractivity contribution in [2.75, 3.05) is 39.3 Å². The largest absolute Gasteiger partial charge is 0.450 e. The molecule has 3 heterocycles. The molecule has 4 aliphatic rings. The summed E-state index contributed by atoms with van der Waals surface area (Å²) in [6.07, 6.45) is 7.87. The molecule has 182 valence electrons. The van der Waals surface area contributed by atoms with Crippen LogP contribution in [0.25, 0.3) is 0 Å². The van der Waals surface area contributed by atoms with Gasteiger partial charge in [0, 0.05) is 31.7 Å². The van der Waals surface area contributed by atoms with Gasteiger partial charge in [0.25, 0.3) is 0 Å². The number of hydrazine groups is 1. The normalized spacial score (nSPS) is 31.8. The van der Waals surface area contributed by atoms with Crippen molar-refractivity contribution in [1.29, 1.82) is 0 Å². The quantitative estimate of drug-likeness (QED) is 0.406. The molecule has 0 aromatic heterocycles. The zero-order valence-corrected chi connectivity index (χ0v) is 20.5. The van der Waals surface area contributed by atoms with E-state index in [2.05, 4.69) is 4.90 Å². The van der Waals surface area contributed by atoms with E-state index in [1.54, 1.807) is 0 Å². The molecule has 32 heavy (non-hydrogen) atoms. The number of ether oxygens (including phenoxy) is 1.